The third kappa shape index (κ3) is 4.28. The number of amides is 1. The molecule has 0 unspecified atom stereocenters. The van der Waals surface area contributed by atoms with E-state index in [4.69, 9.17) is 9.47 Å². The highest BCUT2D eigenvalue weighted by atomic mass is 16.6. The van der Waals surface area contributed by atoms with Crippen LogP contribution in [0.15, 0.2) is 54.6 Å². The Balaban J connectivity index is 1.75. The molecule has 0 spiro atoms. The summed E-state index contributed by atoms with van der Waals surface area (Å²) in [6.45, 7) is 4.25. The second-order valence-electron chi connectivity index (χ2n) is 6.36. The van der Waals surface area contributed by atoms with Gasteiger partial charge in [-0.2, -0.15) is 0 Å². The van der Waals surface area contributed by atoms with Crippen molar-refractivity contribution in [3.63, 3.8) is 0 Å². The van der Waals surface area contributed by atoms with Crippen LogP contribution in [0, 0.1) is 6.92 Å². The molecule has 1 heterocycles. The summed E-state index contributed by atoms with van der Waals surface area (Å²) in [7, 11) is 1.60. The van der Waals surface area contributed by atoms with Gasteiger partial charge in [-0.15, -0.1) is 0 Å². The van der Waals surface area contributed by atoms with Crippen molar-refractivity contribution >= 4 is 28.8 Å². The average molecular weight is 378 g/mol. The second-order valence-corrected chi connectivity index (χ2v) is 6.36. The van der Waals surface area contributed by atoms with Crippen LogP contribution in [-0.2, 0) is 16.1 Å². The summed E-state index contributed by atoms with van der Waals surface area (Å²) in [4.78, 5) is 30.3. The zero-order valence-corrected chi connectivity index (χ0v) is 16.1. The number of aromatic nitrogens is 1. The van der Waals surface area contributed by atoms with Crippen molar-refractivity contribution < 1.29 is 19.1 Å². The molecule has 0 fully saturated rings. The van der Waals surface area contributed by atoms with Gasteiger partial charge in [0.05, 0.1) is 17.7 Å². The second kappa shape index (κ2) is 8.52. The van der Waals surface area contributed by atoms with Crippen molar-refractivity contribution in [3.8, 4) is 0 Å². The lowest BCUT2D eigenvalue weighted by molar-refractivity contribution is 0.0528. The first-order valence-corrected chi connectivity index (χ1v) is 9.02. The van der Waals surface area contributed by atoms with Gasteiger partial charge in [-0.1, -0.05) is 35.9 Å². The quantitative estimate of drug-likeness (QED) is 0.612. The third-order valence-electron chi connectivity index (χ3n) is 4.31. The number of carbonyl (C=O) groups is 2. The fourth-order valence-corrected chi connectivity index (χ4v) is 2.74. The molecule has 28 heavy (non-hydrogen) atoms. The highest BCUT2D eigenvalue weighted by molar-refractivity contribution is 6.04. The van der Waals surface area contributed by atoms with Crippen LogP contribution >= 0.6 is 0 Å². The standard InChI is InChI=1S/C22H22N2O4/c1-4-27-21(25)18-6-5-7-19-17(18)12-13-20(23-19)24(3)22(26)28-14-16-10-8-15(2)9-11-16/h5-13H,4,14H2,1-3H3. The fourth-order valence-electron chi connectivity index (χ4n) is 2.74. The molecular formula is C22H22N2O4. The maximum Gasteiger partial charge on any atom is 0.415 e. The minimum Gasteiger partial charge on any atom is -0.462 e. The predicted octanol–water partition coefficient (Wildman–Crippen LogP) is 4.49. The molecule has 0 radical (unpaired) electrons. The summed E-state index contributed by atoms with van der Waals surface area (Å²) in [5.41, 5.74) is 3.11. The molecule has 0 atom stereocenters. The minimum atomic E-state index is -0.506. The van der Waals surface area contributed by atoms with Gasteiger partial charge >= 0.3 is 12.1 Å². The predicted molar refractivity (Wildman–Crippen MR) is 107 cm³/mol. The van der Waals surface area contributed by atoms with Crippen LogP contribution in [0.1, 0.15) is 28.4 Å². The van der Waals surface area contributed by atoms with Gasteiger partial charge in [0.15, 0.2) is 0 Å². The molecule has 0 aliphatic carbocycles. The van der Waals surface area contributed by atoms with Crippen LogP contribution in [0.4, 0.5) is 10.6 Å². The topological polar surface area (TPSA) is 68.7 Å². The molecule has 6 nitrogen and oxygen atoms in total. The molecule has 1 amide bonds. The summed E-state index contributed by atoms with van der Waals surface area (Å²) in [5, 5.41) is 0.672. The summed E-state index contributed by atoms with van der Waals surface area (Å²) < 4.78 is 10.4. The molecule has 3 aromatic rings. The Morgan fingerprint density at radius 2 is 1.75 bits per heavy atom. The molecule has 0 N–H and O–H groups in total. The number of rotatable bonds is 5. The molecule has 2 aromatic carbocycles. The van der Waals surface area contributed by atoms with Gasteiger partial charge in [-0.25, -0.2) is 14.6 Å². The van der Waals surface area contributed by atoms with E-state index in [9.17, 15) is 9.59 Å². The zero-order chi connectivity index (χ0) is 20.1. The highest BCUT2D eigenvalue weighted by Gasteiger charge is 2.16. The zero-order valence-electron chi connectivity index (χ0n) is 16.1. The van der Waals surface area contributed by atoms with Crippen molar-refractivity contribution in [1.82, 2.24) is 4.98 Å². The third-order valence-corrected chi connectivity index (χ3v) is 4.31. The lowest BCUT2D eigenvalue weighted by atomic mass is 10.1. The van der Waals surface area contributed by atoms with Crippen LogP contribution in [0.5, 0.6) is 0 Å². The van der Waals surface area contributed by atoms with Crippen molar-refractivity contribution in [1.29, 1.82) is 0 Å². The number of benzene rings is 2. The van der Waals surface area contributed by atoms with E-state index in [0.717, 1.165) is 11.1 Å². The number of aryl methyl sites for hydroxylation is 1. The van der Waals surface area contributed by atoms with Crippen LogP contribution in [0.2, 0.25) is 0 Å². The molecule has 6 heteroatoms. The summed E-state index contributed by atoms with van der Waals surface area (Å²) in [6.07, 6.45) is -0.506. The number of nitrogens with zero attached hydrogens (tertiary/aromatic N) is 2. The summed E-state index contributed by atoms with van der Waals surface area (Å²) in [5.74, 6) is 0.0379. The molecular weight excluding hydrogens is 356 g/mol. The minimum absolute atomic E-state index is 0.185. The molecule has 0 aliphatic heterocycles. The first-order valence-electron chi connectivity index (χ1n) is 9.02. The van der Waals surface area contributed by atoms with Gasteiger partial charge in [-0.05, 0) is 43.7 Å². The lowest BCUT2D eigenvalue weighted by Crippen LogP contribution is -2.27. The maximum absolute atomic E-state index is 12.4. The molecule has 1 aromatic heterocycles. The van der Waals surface area contributed by atoms with Gasteiger partial charge in [0.25, 0.3) is 0 Å². The van der Waals surface area contributed by atoms with Gasteiger partial charge in [0, 0.05) is 12.4 Å². The Hall–Kier alpha value is -3.41. The monoisotopic (exact) mass is 378 g/mol. The number of esters is 1. The first-order chi connectivity index (χ1) is 13.5. The van der Waals surface area contributed by atoms with E-state index in [-0.39, 0.29) is 6.61 Å². The smallest absolute Gasteiger partial charge is 0.415 e. The number of fused-ring (bicyclic) bond motifs is 1. The Kier molecular flexibility index (Phi) is 5.89. The fraction of sp³-hybridized carbons (Fsp3) is 0.227. The van der Waals surface area contributed by atoms with Gasteiger partial charge in [0.2, 0.25) is 0 Å². The number of anilines is 1. The van der Waals surface area contributed by atoms with Gasteiger partial charge in [0.1, 0.15) is 12.4 Å². The number of hydrogen-bond donors (Lipinski definition) is 0. The van der Waals surface area contributed by atoms with Crippen LogP contribution in [0.3, 0.4) is 0 Å². The normalized spacial score (nSPS) is 10.5. The molecule has 144 valence electrons. The van der Waals surface area contributed by atoms with E-state index in [1.54, 1.807) is 44.3 Å². The van der Waals surface area contributed by atoms with E-state index < -0.39 is 12.1 Å². The van der Waals surface area contributed by atoms with E-state index in [1.807, 2.05) is 31.2 Å². The number of hydrogen-bond acceptors (Lipinski definition) is 5. The Labute approximate surface area is 163 Å². The van der Waals surface area contributed by atoms with E-state index in [1.165, 1.54) is 4.90 Å². The Morgan fingerprint density at radius 1 is 1.00 bits per heavy atom. The van der Waals surface area contributed by atoms with Crippen LogP contribution in [-0.4, -0.2) is 30.7 Å². The average Bonchev–Trinajstić information content (AvgIpc) is 2.71. The molecule has 0 bridgehead atoms. The van der Waals surface area contributed by atoms with Crippen LogP contribution in [0.25, 0.3) is 10.9 Å². The van der Waals surface area contributed by atoms with E-state index >= 15 is 0 Å². The van der Waals surface area contributed by atoms with E-state index in [2.05, 4.69) is 4.98 Å². The summed E-state index contributed by atoms with van der Waals surface area (Å²) >= 11 is 0. The van der Waals surface area contributed by atoms with E-state index in [0.29, 0.717) is 28.9 Å². The van der Waals surface area contributed by atoms with Crippen molar-refractivity contribution in [2.45, 2.75) is 20.5 Å². The molecule has 0 saturated carbocycles. The van der Waals surface area contributed by atoms with Crippen LogP contribution < -0.4 is 4.90 Å². The first kappa shape index (κ1) is 19.4. The molecule has 0 saturated heterocycles. The molecule has 0 aliphatic rings. The van der Waals surface area contributed by atoms with Gasteiger partial charge in [-0.3, -0.25) is 4.90 Å². The Bertz CT molecular complexity index is 999. The van der Waals surface area contributed by atoms with Gasteiger partial charge < -0.3 is 9.47 Å². The highest BCUT2D eigenvalue weighted by Crippen LogP contribution is 2.22. The maximum atomic E-state index is 12.4. The number of ether oxygens (including phenoxy) is 2. The Morgan fingerprint density at radius 3 is 2.46 bits per heavy atom. The number of pyridine rings is 1. The summed E-state index contributed by atoms with van der Waals surface area (Å²) in [6, 6.07) is 16.4. The van der Waals surface area contributed by atoms with Crippen molar-refractivity contribution in [2.24, 2.45) is 0 Å². The number of carbonyl (C=O) groups excluding carboxylic acids is 2. The van der Waals surface area contributed by atoms with Crippen molar-refractivity contribution in [3.05, 3.63) is 71.3 Å². The lowest BCUT2D eigenvalue weighted by Gasteiger charge is -2.17. The molecule has 3 rings (SSSR count). The SMILES string of the molecule is CCOC(=O)c1cccc2nc(N(C)C(=O)OCc3ccc(C)cc3)ccc12. The van der Waals surface area contributed by atoms with Crippen molar-refractivity contribution in [2.75, 3.05) is 18.6 Å². The largest absolute Gasteiger partial charge is 0.462 e.